The SMILES string of the molecule is CCOc1cc(CC(CN)c2nc3ccccc3n2C)ccc1O. The van der Waals surface area contributed by atoms with Crippen LogP contribution in [0.15, 0.2) is 42.5 Å². The Labute approximate surface area is 141 Å². The summed E-state index contributed by atoms with van der Waals surface area (Å²) >= 11 is 0. The Morgan fingerprint density at radius 2 is 2.04 bits per heavy atom. The summed E-state index contributed by atoms with van der Waals surface area (Å²) in [6.45, 7) is 2.92. The first-order chi connectivity index (χ1) is 11.6. The number of phenols is 1. The van der Waals surface area contributed by atoms with Gasteiger partial charge in [-0.25, -0.2) is 4.98 Å². The van der Waals surface area contributed by atoms with Gasteiger partial charge in [0.15, 0.2) is 11.5 Å². The highest BCUT2D eigenvalue weighted by molar-refractivity contribution is 5.75. The van der Waals surface area contributed by atoms with E-state index in [0.29, 0.717) is 18.9 Å². The summed E-state index contributed by atoms with van der Waals surface area (Å²) in [5, 5.41) is 9.85. The number of nitrogens with two attached hydrogens (primary N) is 1. The van der Waals surface area contributed by atoms with E-state index >= 15 is 0 Å². The van der Waals surface area contributed by atoms with Gasteiger partial charge < -0.3 is 20.1 Å². The molecule has 3 rings (SSSR count). The number of benzene rings is 2. The molecule has 3 N–H and O–H groups in total. The van der Waals surface area contributed by atoms with Crippen LogP contribution in [0.25, 0.3) is 11.0 Å². The normalized spacial score (nSPS) is 12.5. The van der Waals surface area contributed by atoms with Gasteiger partial charge in [0.25, 0.3) is 0 Å². The quantitative estimate of drug-likeness (QED) is 0.731. The zero-order valence-electron chi connectivity index (χ0n) is 14.1. The second kappa shape index (κ2) is 6.93. The van der Waals surface area contributed by atoms with E-state index in [-0.39, 0.29) is 11.7 Å². The first kappa shape index (κ1) is 16.3. The lowest BCUT2D eigenvalue weighted by atomic mass is 9.98. The molecule has 0 aliphatic heterocycles. The number of rotatable bonds is 6. The van der Waals surface area contributed by atoms with Gasteiger partial charge in [-0.3, -0.25) is 0 Å². The topological polar surface area (TPSA) is 73.3 Å². The maximum atomic E-state index is 9.85. The van der Waals surface area contributed by atoms with Gasteiger partial charge in [0.1, 0.15) is 5.82 Å². The van der Waals surface area contributed by atoms with E-state index in [4.69, 9.17) is 15.5 Å². The number of aromatic hydroxyl groups is 1. The van der Waals surface area contributed by atoms with Gasteiger partial charge in [0, 0.05) is 19.5 Å². The van der Waals surface area contributed by atoms with E-state index in [1.807, 2.05) is 44.3 Å². The summed E-state index contributed by atoms with van der Waals surface area (Å²) in [6.07, 6.45) is 0.744. The molecule has 3 aromatic rings. The fraction of sp³-hybridized carbons (Fsp3) is 0.316. The molecule has 0 aliphatic rings. The standard InChI is InChI=1S/C19H23N3O2/c1-3-24-18-11-13(8-9-17(18)23)10-14(12-20)19-21-15-6-4-5-7-16(15)22(19)2/h4-9,11,14,23H,3,10,12,20H2,1-2H3. The van der Waals surface area contributed by atoms with Crippen LogP contribution in [-0.4, -0.2) is 27.8 Å². The van der Waals surface area contributed by atoms with Crippen molar-refractivity contribution in [1.29, 1.82) is 0 Å². The number of hydrogen-bond acceptors (Lipinski definition) is 4. The largest absolute Gasteiger partial charge is 0.504 e. The van der Waals surface area contributed by atoms with Gasteiger partial charge in [0.2, 0.25) is 0 Å². The monoisotopic (exact) mass is 325 g/mol. The lowest BCUT2D eigenvalue weighted by molar-refractivity contribution is 0.317. The van der Waals surface area contributed by atoms with Crippen molar-refractivity contribution in [3.8, 4) is 11.5 Å². The summed E-state index contributed by atoms with van der Waals surface area (Å²) in [7, 11) is 2.02. The number of aromatic nitrogens is 2. The zero-order chi connectivity index (χ0) is 17.1. The van der Waals surface area contributed by atoms with Gasteiger partial charge in [0.05, 0.1) is 17.6 Å². The Bertz CT molecular complexity index is 842. The fourth-order valence-electron chi connectivity index (χ4n) is 3.05. The summed E-state index contributed by atoms with van der Waals surface area (Å²) in [5.74, 6) is 1.74. The summed E-state index contributed by atoms with van der Waals surface area (Å²) in [5.41, 5.74) is 9.19. The number of imidazole rings is 1. The molecule has 126 valence electrons. The van der Waals surface area contributed by atoms with Crippen LogP contribution in [0.5, 0.6) is 11.5 Å². The summed E-state index contributed by atoms with van der Waals surface area (Å²) in [6, 6.07) is 13.5. The number of fused-ring (bicyclic) bond motifs is 1. The van der Waals surface area contributed by atoms with Crippen LogP contribution in [0.2, 0.25) is 0 Å². The zero-order valence-corrected chi connectivity index (χ0v) is 14.1. The van der Waals surface area contributed by atoms with E-state index in [9.17, 15) is 5.11 Å². The van der Waals surface area contributed by atoms with Crippen molar-refractivity contribution >= 4 is 11.0 Å². The second-order valence-electron chi connectivity index (χ2n) is 5.89. The lowest BCUT2D eigenvalue weighted by Gasteiger charge is -2.16. The maximum Gasteiger partial charge on any atom is 0.161 e. The number of para-hydroxylation sites is 2. The molecule has 2 aromatic carbocycles. The van der Waals surface area contributed by atoms with Gasteiger partial charge >= 0.3 is 0 Å². The smallest absolute Gasteiger partial charge is 0.161 e. The molecule has 0 bridgehead atoms. The highest BCUT2D eigenvalue weighted by Crippen LogP contribution is 2.30. The van der Waals surface area contributed by atoms with Crippen molar-refractivity contribution in [2.24, 2.45) is 12.8 Å². The molecule has 0 saturated carbocycles. The number of phenolic OH excluding ortho intramolecular Hbond substituents is 1. The summed E-state index contributed by atoms with van der Waals surface area (Å²) < 4.78 is 7.58. The van der Waals surface area contributed by atoms with Crippen LogP contribution in [-0.2, 0) is 13.5 Å². The molecule has 0 saturated heterocycles. The van der Waals surface area contributed by atoms with Crippen molar-refractivity contribution in [2.75, 3.05) is 13.2 Å². The maximum absolute atomic E-state index is 9.85. The van der Waals surface area contributed by atoms with Crippen LogP contribution in [0, 0.1) is 0 Å². The van der Waals surface area contributed by atoms with E-state index in [1.54, 1.807) is 6.07 Å². The average molecular weight is 325 g/mol. The molecule has 1 unspecified atom stereocenters. The molecule has 0 fully saturated rings. The van der Waals surface area contributed by atoms with Crippen LogP contribution in [0.1, 0.15) is 24.2 Å². The van der Waals surface area contributed by atoms with Crippen LogP contribution in [0.4, 0.5) is 0 Å². The van der Waals surface area contributed by atoms with Crippen molar-refractivity contribution in [3.05, 3.63) is 53.9 Å². The first-order valence-electron chi connectivity index (χ1n) is 8.20. The van der Waals surface area contributed by atoms with Crippen molar-refractivity contribution in [3.63, 3.8) is 0 Å². The Hall–Kier alpha value is -2.53. The average Bonchev–Trinajstić information content (AvgIpc) is 2.93. The van der Waals surface area contributed by atoms with Crippen LogP contribution in [0.3, 0.4) is 0 Å². The predicted octanol–water partition coefficient (Wildman–Crippen LogP) is 2.96. The van der Waals surface area contributed by atoms with Crippen LogP contribution < -0.4 is 10.5 Å². The number of nitrogens with zero attached hydrogens (tertiary/aromatic N) is 2. The molecule has 5 heteroatoms. The Morgan fingerprint density at radius 3 is 2.75 bits per heavy atom. The van der Waals surface area contributed by atoms with E-state index in [1.165, 1.54) is 0 Å². The second-order valence-corrected chi connectivity index (χ2v) is 5.89. The van der Waals surface area contributed by atoms with E-state index in [2.05, 4.69) is 10.6 Å². The predicted molar refractivity (Wildman–Crippen MR) is 95.5 cm³/mol. The minimum Gasteiger partial charge on any atom is -0.504 e. The van der Waals surface area contributed by atoms with Gasteiger partial charge in [-0.05, 0) is 43.2 Å². The highest BCUT2D eigenvalue weighted by Gasteiger charge is 2.18. The van der Waals surface area contributed by atoms with Crippen LogP contribution >= 0.6 is 0 Å². The third-order valence-corrected chi connectivity index (χ3v) is 4.28. The Balaban J connectivity index is 1.91. The molecule has 0 radical (unpaired) electrons. The molecule has 24 heavy (non-hydrogen) atoms. The third-order valence-electron chi connectivity index (χ3n) is 4.28. The van der Waals surface area contributed by atoms with Crippen molar-refractivity contribution in [2.45, 2.75) is 19.3 Å². The third kappa shape index (κ3) is 3.08. The molecule has 0 aliphatic carbocycles. The Morgan fingerprint density at radius 1 is 1.25 bits per heavy atom. The molecule has 1 aromatic heterocycles. The molecular formula is C19H23N3O2. The van der Waals surface area contributed by atoms with Gasteiger partial charge in [-0.15, -0.1) is 0 Å². The molecule has 0 amide bonds. The van der Waals surface area contributed by atoms with Crippen molar-refractivity contribution in [1.82, 2.24) is 9.55 Å². The molecule has 1 heterocycles. The fourth-order valence-corrected chi connectivity index (χ4v) is 3.05. The minimum absolute atomic E-state index is 0.0985. The number of hydrogen-bond donors (Lipinski definition) is 2. The minimum atomic E-state index is 0.0985. The molecule has 5 nitrogen and oxygen atoms in total. The summed E-state index contributed by atoms with van der Waals surface area (Å²) in [4.78, 5) is 4.76. The van der Waals surface area contributed by atoms with E-state index in [0.717, 1.165) is 28.8 Å². The lowest BCUT2D eigenvalue weighted by Crippen LogP contribution is -2.18. The molecular weight excluding hydrogens is 302 g/mol. The molecule has 1 atom stereocenters. The first-order valence-corrected chi connectivity index (χ1v) is 8.20. The van der Waals surface area contributed by atoms with Gasteiger partial charge in [-0.2, -0.15) is 0 Å². The number of ether oxygens (including phenoxy) is 1. The molecule has 0 spiro atoms. The number of aryl methyl sites for hydroxylation is 1. The Kier molecular flexibility index (Phi) is 4.71. The highest BCUT2D eigenvalue weighted by atomic mass is 16.5. The van der Waals surface area contributed by atoms with Crippen molar-refractivity contribution < 1.29 is 9.84 Å². The van der Waals surface area contributed by atoms with E-state index < -0.39 is 0 Å². The van der Waals surface area contributed by atoms with Gasteiger partial charge in [-0.1, -0.05) is 18.2 Å².